The predicted octanol–water partition coefficient (Wildman–Crippen LogP) is 2.96. The average Bonchev–Trinajstić information content (AvgIpc) is 2.53. The van der Waals surface area contributed by atoms with Gasteiger partial charge in [-0.05, 0) is 32.9 Å². The molecule has 138 valence electrons. The Balaban J connectivity index is 2.19. The number of ether oxygens (including phenoxy) is 2. The van der Waals surface area contributed by atoms with Crippen LogP contribution in [0.5, 0.6) is 5.75 Å². The molecule has 1 aliphatic rings. The lowest BCUT2D eigenvalue weighted by Gasteiger charge is -2.22. The minimum Gasteiger partial charge on any atom is -0.511 e. The van der Waals surface area contributed by atoms with Crippen LogP contribution in [0, 0.1) is 0 Å². The van der Waals surface area contributed by atoms with Crippen LogP contribution in [0.25, 0.3) is 0 Å². The number of hydrogen-bond donors (Lipinski definition) is 2. The maximum absolute atomic E-state index is 12.3. The summed E-state index contributed by atoms with van der Waals surface area (Å²) in [6.45, 7) is 5.09. The molecule has 1 aliphatic heterocycles. The number of amides is 1. The summed E-state index contributed by atoms with van der Waals surface area (Å²) in [5.41, 5.74) is -0.511. The lowest BCUT2D eigenvalue weighted by molar-refractivity contribution is -0.146. The molecule has 0 saturated heterocycles. The molecular formula is C18H20N2O5S. The topological polar surface area (TPSA) is 97.2 Å². The molecule has 0 atom stereocenters. The smallest absolute Gasteiger partial charge is 0.353 e. The molecule has 1 aromatic rings. The zero-order valence-electron chi connectivity index (χ0n) is 15.0. The fourth-order valence-corrected chi connectivity index (χ4v) is 2.52. The zero-order chi connectivity index (χ0) is 19.5. The summed E-state index contributed by atoms with van der Waals surface area (Å²) in [5, 5.41) is 13.1. The van der Waals surface area contributed by atoms with Gasteiger partial charge in [0.1, 0.15) is 33.4 Å². The molecule has 26 heavy (non-hydrogen) atoms. The molecule has 1 aromatic carbocycles. The SMILES string of the molecule is COc1ccccc1NC(=S)C1=C(O)CC(C(=O)OC(C)(C)C)=NC1=O. The van der Waals surface area contributed by atoms with Crippen LogP contribution in [0.3, 0.4) is 0 Å². The maximum atomic E-state index is 12.3. The Morgan fingerprint density at radius 2 is 1.96 bits per heavy atom. The van der Waals surface area contributed by atoms with E-state index in [1.165, 1.54) is 7.11 Å². The van der Waals surface area contributed by atoms with Crippen LogP contribution in [-0.2, 0) is 14.3 Å². The van der Waals surface area contributed by atoms with E-state index in [4.69, 9.17) is 21.7 Å². The molecule has 0 aliphatic carbocycles. The maximum Gasteiger partial charge on any atom is 0.353 e. The highest BCUT2D eigenvalue weighted by Gasteiger charge is 2.31. The van der Waals surface area contributed by atoms with Gasteiger partial charge in [-0.3, -0.25) is 4.79 Å². The number of thiocarbonyl (C=S) groups is 1. The first-order valence-electron chi connectivity index (χ1n) is 7.84. The number of benzene rings is 1. The number of carbonyl (C=O) groups excluding carboxylic acids is 2. The van der Waals surface area contributed by atoms with Crippen LogP contribution < -0.4 is 10.1 Å². The van der Waals surface area contributed by atoms with Gasteiger partial charge in [0.15, 0.2) is 0 Å². The number of dihydropyridines is 1. The van der Waals surface area contributed by atoms with Crippen molar-refractivity contribution in [2.45, 2.75) is 32.8 Å². The van der Waals surface area contributed by atoms with Crippen LogP contribution in [0.1, 0.15) is 27.2 Å². The van der Waals surface area contributed by atoms with E-state index in [2.05, 4.69) is 10.3 Å². The van der Waals surface area contributed by atoms with Gasteiger partial charge in [0.05, 0.1) is 19.2 Å². The number of esters is 1. The second-order valence-electron chi connectivity index (χ2n) is 6.52. The average molecular weight is 376 g/mol. The van der Waals surface area contributed by atoms with Crippen LogP contribution in [0.4, 0.5) is 5.69 Å². The molecule has 0 bridgehead atoms. The molecule has 1 heterocycles. The fraction of sp³-hybridized carbons (Fsp3) is 0.333. The first-order chi connectivity index (χ1) is 12.1. The van der Waals surface area contributed by atoms with Crippen LogP contribution in [-0.4, -0.2) is 40.4 Å². The number of nitrogens with one attached hydrogen (secondary N) is 1. The molecule has 1 amide bonds. The monoisotopic (exact) mass is 376 g/mol. The molecule has 2 rings (SSSR count). The van der Waals surface area contributed by atoms with Gasteiger partial charge in [-0.2, -0.15) is 0 Å². The Labute approximate surface area is 156 Å². The third kappa shape index (κ3) is 4.66. The molecule has 2 N–H and O–H groups in total. The molecule has 0 unspecified atom stereocenters. The highest BCUT2D eigenvalue weighted by atomic mass is 32.1. The first-order valence-corrected chi connectivity index (χ1v) is 8.25. The van der Waals surface area contributed by atoms with E-state index in [1.807, 2.05) is 0 Å². The van der Waals surface area contributed by atoms with Crippen molar-refractivity contribution < 1.29 is 24.2 Å². The number of nitrogens with zero attached hydrogens (tertiary/aromatic N) is 1. The fourth-order valence-electron chi connectivity index (χ4n) is 2.20. The van der Waals surface area contributed by atoms with E-state index in [1.54, 1.807) is 45.0 Å². The Morgan fingerprint density at radius 1 is 1.31 bits per heavy atom. The van der Waals surface area contributed by atoms with Crippen molar-refractivity contribution in [1.29, 1.82) is 0 Å². The van der Waals surface area contributed by atoms with Crippen molar-refractivity contribution in [3.05, 3.63) is 35.6 Å². The third-order valence-electron chi connectivity index (χ3n) is 3.29. The molecule has 0 radical (unpaired) electrons. The van der Waals surface area contributed by atoms with E-state index in [0.717, 1.165) is 0 Å². The van der Waals surface area contributed by atoms with Crippen LogP contribution in [0.2, 0.25) is 0 Å². The first kappa shape index (κ1) is 19.6. The number of aliphatic hydroxyl groups is 1. The summed E-state index contributed by atoms with van der Waals surface area (Å²) in [7, 11) is 1.50. The molecule has 0 fully saturated rings. The van der Waals surface area contributed by atoms with Gasteiger partial charge in [0, 0.05) is 0 Å². The van der Waals surface area contributed by atoms with Crippen molar-refractivity contribution in [1.82, 2.24) is 0 Å². The number of methoxy groups -OCH3 is 1. The number of anilines is 1. The zero-order valence-corrected chi connectivity index (χ0v) is 15.8. The molecular weight excluding hydrogens is 356 g/mol. The molecule has 0 aromatic heterocycles. The van der Waals surface area contributed by atoms with Gasteiger partial charge in [-0.15, -0.1) is 0 Å². The highest BCUT2D eigenvalue weighted by molar-refractivity contribution is 7.81. The number of aliphatic hydroxyl groups excluding tert-OH is 1. The van der Waals surface area contributed by atoms with Gasteiger partial charge in [0.25, 0.3) is 5.91 Å². The van der Waals surface area contributed by atoms with Gasteiger partial charge >= 0.3 is 5.97 Å². The summed E-state index contributed by atoms with van der Waals surface area (Å²) in [6, 6.07) is 6.99. The van der Waals surface area contributed by atoms with E-state index in [9.17, 15) is 14.7 Å². The summed E-state index contributed by atoms with van der Waals surface area (Å²) in [4.78, 5) is 28.1. The minimum atomic E-state index is -0.804. The quantitative estimate of drug-likeness (QED) is 0.616. The van der Waals surface area contributed by atoms with E-state index in [-0.39, 0.29) is 28.5 Å². The highest BCUT2D eigenvalue weighted by Crippen LogP contribution is 2.26. The van der Waals surface area contributed by atoms with Crippen LogP contribution in [0.15, 0.2) is 40.6 Å². The largest absolute Gasteiger partial charge is 0.511 e. The Hall–Kier alpha value is -2.74. The normalized spacial score (nSPS) is 14.6. The predicted molar refractivity (Wildman–Crippen MR) is 102 cm³/mol. The molecule has 0 spiro atoms. The van der Waals surface area contributed by atoms with Gasteiger partial charge in [-0.1, -0.05) is 24.4 Å². The summed E-state index contributed by atoms with van der Waals surface area (Å²) in [6.07, 6.45) is -0.232. The Kier molecular flexibility index (Phi) is 5.76. The molecule has 7 nitrogen and oxygen atoms in total. The molecule has 0 saturated carbocycles. The second kappa shape index (κ2) is 7.65. The van der Waals surface area contributed by atoms with Gasteiger partial charge in [-0.25, -0.2) is 9.79 Å². The van der Waals surface area contributed by atoms with Crippen molar-refractivity contribution >= 4 is 40.5 Å². The number of carbonyl (C=O) groups is 2. The van der Waals surface area contributed by atoms with Gasteiger partial charge in [0.2, 0.25) is 0 Å². The van der Waals surface area contributed by atoms with Crippen molar-refractivity contribution in [2.24, 2.45) is 4.99 Å². The van der Waals surface area contributed by atoms with E-state index in [0.29, 0.717) is 11.4 Å². The van der Waals surface area contributed by atoms with Crippen molar-refractivity contribution in [3.8, 4) is 5.75 Å². The summed E-state index contributed by atoms with van der Waals surface area (Å²) in [5.74, 6) is -1.36. The van der Waals surface area contributed by atoms with E-state index >= 15 is 0 Å². The summed E-state index contributed by atoms with van der Waals surface area (Å²) >= 11 is 5.22. The van der Waals surface area contributed by atoms with Crippen molar-refractivity contribution in [3.63, 3.8) is 0 Å². The number of allylic oxidation sites excluding steroid dienone is 1. The number of hydrogen-bond acceptors (Lipinski definition) is 6. The lowest BCUT2D eigenvalue weighted by Crippen LogP contribution is -2.33. The Morgan fingerprint density at radius 3 is 2.54 bits per heavy atom. The minimum absolute atomic E-state index is 0.0102. The third-order valence-corrected chi connectivity index (χ3v) is 3.60. The summed E-state index contributed by atoms with van der Waals surface area (Å²) < 4.78 is 10.4. The second-order valence-corrected chi connectivity index (χ2v) is 6.93. The number of rotatable bonds is 4. The standard InChI is InChI=1S/C18H20N2O5S/c1-18(2,3)25-17(23)11-9-12(21)14(15(22)19-11)16(26)20-10-7-5-6-8-13(10)24-4/h5-8,21H,9H2,1-4H3,(H,20,26). The lowest BCUT2D eigenvalue weighted by atomic mass is 10.1. The Bertz CT molecular complexity index is 821. The molecule has 8 heteroatoms. The van der Waals surface area contributed by atoms with Crippen molar-refractivity contribution in [2.75, 3.05) is 12.4 Å². The number of para-hydroxylation sites is 2. The van der Waals surface area contributed by atoms with Crippen LogP contribution >= 0.6 is 12.2 Å². The number of aliphatic imine (C=N–C) groups is 1. The van der Waals surface area contributed by atoms with Gasteiger partial charge < -0.3 is 19.9 Å². The van der Waals surface area contributed by atoms with E-state index < -0.39 is 17.5 Å².